The van der Waals surface area contributed by atoms with Crippen molar-refractivity contribution in [2.24, 2.45) is 0 Å². The van der Waals surface area contributed by atoms with Gasteiger partial charge in [0.25, 0.3) is 0 Å². The van der Waals surface area contributed by atoms with E-state index in [0.717, 1.165) is 11.1 Å². The molecule has 0 unspecified atom stereocenters. The second-order valence-electron chi connectivity index (χ2n) is 6.89. The topological polar surface area (TPSA) is 56.7 Å². The average molecular weight is 357 g/mol. The summed E-state index contributed by atoms with van der Waals surface area (Å²) < 4.78 is 13.1. The van der Waals surface area contributed by atoms with Crippen LogP contribution in [0, 0.1) is 5.82 Å². The number of likely N-dealkylation sites (tertiary alicyclic amines) is 1. The molecule has 1 fully saturated rings. The van der Waals surface area contributed by atoms with Gasteiger partial charge < -0.3 is 10.0 Å². The summed E-state index contributed by atoms with van der Waals surface area (Å²) in [6, 6.07) is 10.1. The summed E-state index contributed by atoms with van der Waals surface area (Å²) in [5.74, 6) is -0.340. The molecule has 1 aromatic heterocycles. The Morgan fingerprint density at radius 3 is 2.77 bits per heavy atom. The summed E-state index contributed by atoms with van der Waals surface area (Å²) in [6.45, 7) is 1.84. The highest BCUT2D eigenvalue weighted by molar-refractivity contribution is 5.78. The van der Waals surface area contributed by atoms with Gasteiger partial charge >= 0.3 is 0 Å². The summed E-state index contributed by atoms with van der Waals surface area (Å²) >= 11 is 0. The fourth-order valence-corrected chi connectivity index (χ4v) is 3.45. The second-order valence-corrected chi connectivity index (χ2v) is 6.89. The number of piperidine rings is 1. The van der Waals surface area contributed by atoms with Crippen molar-refractivity contribution in [2.75, 3.05) is 26.7 Å². The molecule has 2 atom stereocenters. The van der Waals surface area contributed by atoms with Crippen LogP contribution in [-0.2, 0) is 11.3 Å². The maximum Gasteiger partial charge on any atom is 0.236 e. The zero-order chi connectivity index (χ0) is 18.5. The zero-order valence-corrected chi connectivity index (χ0v) is 14.9. The van der Waals surface area contributed by atoms with Gasteiger partial charge in [0.2, 0.25) is 5.91 Å². The number of likely N-dealkylation sites (N-methyl/N-ethyl adjacent to an activating group) is 1. The lowest BCUT2D eigenvalue weighted by Crippen LogP contribution is -2.48. The van der Waals surface area contributed by atoms with Crippen molar-refractivity contribution in [1.82, 2.24) is 14.8 Å². The Morgan fingerprint density at radius 1 is 1.35 bits per heavy atom. The van der Waals surface area contributed by atoms with Gasteiger partial charge in [-0.05, 0) is 42.8 Å². The lowest BCUT2D eigenvalue weighted by atomic mass is 9.87. The number of aliphatic hydroxyl groups is 1. The first-order valence-electron chi connectivity index (χ1n) is 8.81. The van der Waals surface area contributed by atoms with E-state index in [1.165, 1.54) is 12.1 Å². The molecule has 138 valence electrons. The van der Waals surface area contributed by atoms with Crippen molar-refractivity contribution in [1.29, 1.82) is 0 Å². The largest absolute Gasteiger partial charge is 0.391 e. The molecule has 26 heavy (non-hydrogen) atoms. The fraction of sp³-hybridized carbons (Fsp3) is 0.400. The number of hydrogen-bond acceptors (Lipinski definition) is 4. The molecule has 1 aromatic carbocycles. The van der Waals surface area contributed by atoms with Crippen molar-refractivity contribution in [3.05, 3.63) is 65.7 Å². The van der Waals surface area contributed by atoms with Crippen LogP contribution in [-0.4, -0.2) is 58.6 Å². The van der Waals surface area contributed by atoms with Crippen LogP contribution >= 0.6 is 0 Å². The first-order chi connectivity index (χ1) is 12.5. The van der Waals surface area contributed by atoms with Crippen molar-refractivity contribution in [3.8, 4) is 0 Å². The first-order valence-corrected chi connectivity index (χ1v) is 8.81. The molecule has 1 aliphatic heterocycles. The lowest BCUT2D eigenvalue weighted by molar-refractivity contribution is -0.135. The van der Waals surface area contributed by atoms with Gasteiger partial charge in [0, 0.05) is 37.9 Å². The minimum atomic E-state index is -0.637. The van der Waals surface area contributed by atoms with Crippen LogP contribution in [0.5, 0.6) is 0 Å². The number of halogens is 1. The number of benzene rings is 1. The number of pyridine rings is 1. The van der Waals surface area contributed by atoms with E-state index < -0.39 is 6.10 Å². The van der Waals surface area contributed by atoms with Crippen molar-refractivity contribution in [2.45, 2.75) is 25.0 Å². The molecule has 1 saturated heterocycles. The maximum atomic E-state index is 13.1. The van der Waals surface area contributed by atoms with Gasteiger partial charge in [0.1, 0.15) is 5.82 Å². The SMILES string of the molecule is CN(CC(=O)N1CC[C@H](c2ccc(F)cc2)[C@@H](O)C1)Cc1cccnc1. The minimum absolute atomic E-state index is 0.00740. The Kier molecular flexibility index (Phi) is 5.96. The second kappa shape index (κ2) is 8.38. The molecular weight excluding hydrogens is 333 g/mol. The van der Waals surface area contributed by atoms with E-state index in [2.05, 4.69) is 4.98 Å². The van der Waals surface area contributed by atoms with E-state index in [4.69, 9.17) is 0 Å². The van der Waals surface area contributed by atoms with E-state index in [1.807, 2.05) is 24.1 Å². The van der Waals surface area contributed by atoms with Crippen molar-refractivity contribution < 1.29 is 14.3 Å². The smallest absolute Gasteiger partial charge is 0.236 e. The molecule has 0 bridgehead atoms. The Hall–Kier alpha value is -2.31. The van der Waals surface area contributed by atoms with Gasteiger partial charge in [-0.3, -0.25) is 14.7 Å². The van der Waals surface area contributed by atoms with Gasteiger partial charge in [0.15, 0.2) is 0 Å². The normalized spacial score (nSPS) is 20.4. The molecule has 2 heterocycles. The van der Waals surface area contributed by atoms with Gasteiger partial charge in [-0.2, -0.15) is 0 Å². The number of aliphatic hydroxyl groups excluding tert-OH is 1. The Balaban J connectivity index is 1.53. The fourth-order valence-electron chi connectivity index (χ4n) is 3.45. The van der Waals surface area contributed by atoms with E-state index >= 15 is 0 Å². The Morgan fingerprint density at radius 2 is 2.12 bits per heavy atom. The molecule has 3 rings (SSSR count). The summed E-state index contributed by atoms with van der Waals surface area (Å²) in [5, 5.41) is 10.5. The quantitative estimate of drug-likeness (QED) is 0.890. The molecule has 1 N–H and O–H groups in total. The molecule has 0 radical (unpaired) electrons. The highest BCUT2D eigenvalue weighted by Gasteiger charge is 2.31. The predicted molar refractivity (Wildman–Crippen MR) is 96.9 cm³/mol. The van der Waals surface area contributed by atoms with E-state index in [9.17, 15) is 14.3 Å². The molecule has 0 aliphatic carbocycles. The van der Waals surface area contributed by atoms with Crippen LogP contribution in [0.1, 0.15) is 23.5 Å². The molecular formula is C20H24FN3O2. The molecule has 1 amide bonds. The van der Waals surface area contributed by atoms with Crippen LogP contribution < -0.4 is 0 Å². The first kappa shape index (κ1) is 18.5. The number of carbonyl (C=O) groups is 1. The molecule has 5 nitrogen and oxygen atoms in total. The third-order valence-corrected chi connectivity index (χ3v) is 4.81. The third-order valence-electron chi connectivity index (χ3n) is 4.81. The molecule has 0 spiro atoms. The molecule has 1 aliphatic rings. The van der Waals surface area contributed by atoms with E-state index in [-0.39, 0.29) is 17.6 Å². The highest BCUT2D eigenvalue weighted by atomic mass is 19.1. The van der Waals surface area contributed by atoms with Crippen LogP contribution in [0.2, 0.25) is 0 Å². The number of β-amino-alcohol motifs (C(OH)–C–C–N with tert-alkyl or cyclic N) is 1. The van der Waals surface area contributed by atoms with Gasteiger partial charge in [-0.1, -0.05) is 18.2 Å². The summed E-state index contributed by atoms with van der Waals surface area (Å²) in [4.78, 5) is 20.3. The van der Waals surface area contributed by atoms with Crippen LogP contribution in [0.4, 0.5) is 4.39 Å². The van der Waals surface area contributed by atoms with Gasteiger partial charge in [-0.25, -0.2) is 4.39 Å². The van der Waals surface area contributed by atoms with Crippen molar-refractivity contribution >= 4 is 5.91 Å². The number of aromatic nitrogens is 1. The van der Waals surface area contributed by atoms with Gasteiger partial charge in [-0.15, -0.1) is 0 Å². The van der Waals surface area contributed by atoms with Crippen LogP contribution in [0.3, 0.4) is 0 Å². The highest BCUT2D eigenvalue weighted by Crippen LogP contribution is 2.28. The molecule has 0 saturated carbocycles. The number of hydrogen-bond donors (Lipinski definition) is 1. The van der Waals surface area contributed by atoms with Crippen LogP contribution in [0.15, 0.2) is 48.8 Å². The predicted octanol–water partition coefficient (Wildman–Crippen LogP) is 2.03. The molecule has 2 aromatic rings. The van der Waals surface area contributed by atoms with E-state index in [1.54, 1.807) is 29.4 Å². The molecule has 6 heteroatoms. The number of nitrogens with zero attached hydrogens (tertiary/aromatic N) is 3. The Bertz CT molecular complexity index is 724. The summed E-state index contributed by atoms with van der Waals surface area (Å²) in [7, 11) is 1.90. The Labute approximate surface area is 153 Å². The average Bonchev–Trinajstić information content (AvgIpc) is 2.63. The summed E-state index contributed by atoms with van der Waals surface area (Å²) in [6.07, 6.45) is 3.55. The number of amides is 1. The van der Waals surface area contributed by atoms with Crippen LogP contribution in [0.25, 0.3) is 0 Å². The lowest BCUT2D eigenvalue weighted by Gasteiger charge is -2.37. The van der Waals surface area contributed by atoms with Crippen molar-refractivity contribution in [3.63, 3.8) is 0 Å². The minimum Gasteiger partial charge on any atom is -0.391 e. The van der Waals surface area contributed by atoms with Gasteiger partial charge in [0.05, 0.1) is 12.6 Å². The maximum absolute atomic E-state index is 13.1. The third kappa shape index (κ3) is 4.65. The zero-order valence-electron chi connectivity index (χ0n) is 14.9. The van der Waals surface area contributed by atoms with E-state index in [0.29, 0.717) is 32.6 Å². The monoisotopic (exact) mass is 357 g/mol. The standard InChI is InChI=1S/C20H24FN3O2/c1-23(12-15-3-2-9-22-11-15)14-20(26)24-10-8-18(19(25)13-24)16-4-6-17(21)7-5-16/h2-7,9,11,18-19,25H,8,10,12-14H2,1H3/t18-,19+/m1/s1. The summed E-state index contributed by atoms with van der Waals surface area (Å²) in [5.41, 5.74) is 1.97. The number of rotatable bonds is 5. The number of carbonyl (C=O) groups excluding carboxylic acids is 1.